The van der Waals surface area contributed by atoms with Gasteiger partial charge < -0.3 is 0 Å². The van der Waals surface area contributed by atoms with Crippen LogP contribution in [0, 0.1) is 13.8 Å². The van der Waals surface area contributed by atoms with E-state index in [1.54, 1.807) is 11.3 Å². The molecule has 0 saturated heterocycles. The van der Waals surface area contributed by atoms with Crippen molar-refractivity contribution in [2.75, 3.05) is 4.90 Å². The number of nitrogens with zero attached hydrogens (tertiary/aromatic N) is 2. The fraction of sp³-hybridized carbons (Fsp3) is 0.143. The van der Waals surface area contributed by atoms with Gasteiger partial charge in [0.25, 0.3) is 0 Å². The number of rotatable bonds is 5. The lowest BCUT2D eigenvalue weighted by Crippen LogP contribution is -2.31. The number of anilines is 1. The van der Waals surface area contributed by atoms with Crippen LogP contribution in [0.4, 0.5) is 5.13 Å². The topological polar surface area (TPSA) is 33.2 Å². The van der Waals surface area contributed by atoms with E-state index < -0.39 is 0 Å². The Morgan fingerprint density at radius 1 is 0.875 bits per heavy atom. The van der Waals surface area contributed by atoms with Crippen molar-refractivity contribution >= 4 is 43.4 Å². The molecule has 0 atom stereocenters. The predicted octanol–water partition coefficient (Wildman–Crippen LogP) is 6.84. The molecule has 5 aromatic rings. The number of amides is 1. The number of hydrogen-bond acceptors (Lipinski definition) is 3. The molecule has 0 unspecified atom stereocenters. The summed E-state index contributed by atoms with van der Waals surface area (Å²) in [4.78, 5) is 20.4. The first-order valence-electron chi connectivity index (χ1n) is 10.8. The van der Waals surface area contributed by atoms with Gasteiger partial charge >= 0.3 is 0 Å². The summed E-state index contributed by atoms with van der Waals surface area (Å²) >= 11 is 1.58. The third kappa shape index (κ3) is 3.90. The van der Waals surface area contributed by atoms with Gasteiger partial charge in [0, 0.05) is 0 Å². The van der Waals surface area contributed by atoms with E-state index in [4.69, 9.17) is 4.98 Å². The molecule has 0 aliphatic rings. The van der Waals surface area contributed by atoms with Crippen molar-refractivity contribution in [1.82, 2.24) is 4.98 Å². The highest BCUT2D eigenvalue weighted by atomic mass is 32.1. The largest absolute Gasteiger partial charge is 0.283 e. The number of hydrogen-bond donors (Lipinski definition) is 0. The van der Waals surface area contributed by atoms with Crippen molar-refractivity contribution in [1.29, 1.82) is 0 Å². The van der Waals surface area contributed by atoms with Crippen LogP contribution in [0.1, 0.15) is 22.3 Å². The van der Waals surface area contributed by atoms with Gasteiger partial charge in [-0.05, 0) is 52.9 Å². The number of aryl methyl sites for hydroxylation is 2. The zero-order valence-corrected chi connectivity index (χ0v) is 19.0. The fourth-order valence-electron chi connectivity index (χ4n) is 4.06. The summed E-state index contributed by atoms with van der Waals surface area (Å²) in [6.07, 6.45) is 0.335. The fourth-order valence-corrected chi connectivity index (χ4v) is 5.10. The van der Waals surface area contributed by atoms with E-state index in [1.165, 1.54) is 11.1 Å². The third-order valence-corrected chi connectivity index (χ3v) is 7.05. The standard InChI is InChI=1S/C28H24N2OS/c1-19-15-16-25-27(20(19)2)29-28(32-25)30(18-21-9-4-3-5-10-21)26(31)17-23-13-8-12-22-11-6-7-14-24(22)23/h3-16H,17-18H2,1-2H3. The summed E-state index contributed by atoms with van der Waals surface area (Å²) in [6, 6.07) is 28.7. The van der Waals surface area contributed by atoms with E-state index in [2.05, 4.69) is 56.3 Å². The number of fused-ring (bicyclic) bond motifs is 2. The van der Waals surface area contributed by atoms with Crippen LogP contribution in [0.25, 0.3) is 21.0 Å². The van der Waals surface area contributed by atoms with Crippen LogP contribution in [0.3, 0.4) is 0 Å². The number of thiazole rings is 1. The van der Waals surface area contributed by atoms with E-state index in [-0.39, 0.29) is 5.91 Å². The van der Waals surface area contributed by atoms with Gasteiger partial charge in [-0.3, -0.25) is 9.69 Å². The Hall–Kier alpha value is -3.50. The lowest BCUT2D eigenvalue weighted by Gasteiger charge is -2.20. The van der Waals surface area contributed by atoms with Crippen LogP contribution in [0.5, 0.6) is 0 Å². The minimum atomic E-state index is 0.0543. The molecule has 3 nitrogen and oxygen atoms in total. The van der Waals surface area contributed by atoms with Crippen LogP contribution in [0.2, 0.25) is 0 Å². The lowest BCUT2D eigenvalue weighted by atomic mass is 10.0. The molecule has 4 heteroatoms. The normalized spacial score (nSPS) is 11.2. The molecule has 0 saturated carbocycles. The quantitative estimate of drug-likeness (QED) is 0.302. The van der Waals surface area contributed by atoms with Crippen molar-refractivity contribution in [2.24, 2.45) is 0 Å². The lowest BCUT2D eigenvalue weighted by molar-refractivity contribution is -0.118. The van der Waals surface area contributed by atoms with Gasteiger partial charge in [0.15, 0.2) is 5.13 Å². The highest BCUT2D eigenvalue weighted by molar-refractivity contribution is 7.22. The highest BCUT2D eigenvalue weighted by Crippen LogP contribution is 2.33. The van der Waals surface area contributed by atoms with Crippen LogP contribution in [0.15, 0.2) is 84.9 Å². The Kier molecular flexibility index (Phi) is 5.46. The molecule has 0 spiro atoms. The van der Waals surface area contributed by atoms with E-state index >= 15 is 0 Å². The van der Waals surface area contributed by atoms with Crippen LogP contribution < -0.4 is 4.90 Å². The first-order valence-corrected chi connectivity index (χ1v) is 11.6. The Morgan fingerprint density at radius 3 is 2.47 bits per heavy atom. The average molecular weight is 437 g/mol. The minimum absolute atomic E-state index is 0.0543. The van der Waals surface area contributed by atoms with E-state index in [0.29, 0.717) is 13.0 Å². The van der Waals surface area contributed by atoms with Crippen molar-refractivity contribution in [3.8, 4) is 0 Å². The summed E-state index contributed by atoms with van der Waals surface area (Å²) in [5.74, 6) is 0.0543. The Morgan fingerprint density at radius 2 is 1.62 bits per heavy atom. The third-order valence-electron chi connectivity index (χ3n) is 6.01. The summed E-state index contributed by atoms with van der Waals surface area (Å²) in [5.41, 5.74) is 5.50. The molecule has 0 radical (unpaired) electrons. The van der Waals surface area contributed by atoms with Crippen molar-refractivity contribution in [3.63, 3.8) is 0 Å². The summed E-state index contributed by atoms with van der Waals surface area (Å²) in [6.45, 7) is 4.70. The molecule has 0 aliphatic carbocycles. The SMILES string of the molecule is Cc1ccc2sc(N(Cc3ccccc3)C(=O)Cc3cccc4ccccc34)nc2c1C. The molecule has 0 fully saturated rings. The van der Waals surface area contributed by atoms with Gasteiger partial charge in [-0.25, -0.2) is 4.98 Å². The molecule has 1 heterocycles. The molecule has 32 heavy (non-hydrogen) atoms. The monoisotopic (exact) mass is 436 g/mol. The molecule has 0 N–H and O–H groups in total. The van der Waals surface area contributed by atoms with Crippen molar-refractivity contribution in [3.05, 3.63) is 107 Å². The molecule has 0 bridgehead atoms. The zero-order valence-electron chi connectivity index (χ0n) is 18.2. The number of carbonyl (C=O) groups excluding carboxylic acids is 1. The molecule has 0 aliphatic heterocycles. The number of benzene rings is 4. The molecular weight excluding hydrogens is 412 g/mol. The molecule has 5 rings (SSSR count). The maximum Gasteiger partial charge on any atom is 0.233 e. The average Bonchev–Trinajstić information content (AvgIpc) is 3.25. The summed E-state index contributed by atoms with van der Waals surface area (Å²) < 4.78 is 1.11. The van der Waals surface area contributed by atoms with E-state index in [0.717, 1.165) is 37.2 Å². The number of aromatic nitrogens is 1. The molecule has 1 aromatic heterocycles. The maximum atomic E-state index is 13.7. The zero-order chi connectivity index (χ0) is 22.1. The first-order chi connectivity index (χ1) is 15.6. The summed E-state index contributed by atoms with van der Waals surface area (Å²) in [5, 5.41) is 3.03. The van der Waals surface area contributed by atoms with Gasteiger partial charge in [0.1, 0.15) is 0 Å². The second kappa shape index (κ2) is 8.56. The Balaban J connectivity index is 1.55. The van der Waals surface area contributed by atoms with Gasteiger partial charge in [-0.2, -0.15) is 0 Å². The molecule has 158 valence electrons. The maximum absolute atomic E-state index is 13.7. The van der Waals surface area contributed by atoms with Crippen LogP contribution in [-0.2, 0) is 17.8 Å². The molecular formula is C28H24N2OS. The van der Waals surface area contributed by atoms with Gasteiger partial charge in [-0.15, -0.1) is 0 Å². The van der Waals surface area contributed by atoms with E-state index in [9.17, 15) is 4.79 Å². The van der Waals surface area contributed by atoms with Gasteiger partial charge in [0.05, 0.1) is 23.2 Å². The highest BCUT2D eigenvalue weighted by Gasteiger charge is 2.22. The van der Waals surface area contributed by atoms with Crippen LogP contribution in [-0.4, -0.2) is 10.9 Å². The Bertz CT molecular complexity index is 1420. The molecule has 1 amide bonds. The molecule has 4 aromatic carbocycles. The number of carbonyl (C=O) groups is 1. The van der Waals surface area contributed by atoms with Gasteiger partial charge in [0.2, 0.25) is 5.91 Å². The Labute approximate surface area is 192 Å². The predicted molar refractivity (Wildman–Crippen MR) is 134 cm³/mol. The van der Waals surface area contributed by atoms with Crippen LogP contribution >= 0.6 is 11.3 Å². The van der Waals surface area contributed by atoms with E-state index in [1.807, 2.05) is 47.4 Å². The van der Waals surface area contributed by atoms with Gasteiger partial charge in [-0.1, -0.05) is 90.2 Å². The van der Waals surface area contributed by atoms with Crippen molar-refractivity contribution in [2.45, 2.75) is 26.8 Å². The smallest absolute Gasteiger partial charge is 0.233 e. The minimum Gasteiger partial charge on any atom is -0.283 e. The van der Waals surface area contributed by atoms with Crippen molar-refractivity contribution < 1.29 is 4.79 Å². The second-order valence-corrected chi connectivity index (χ2v) is 9.14. The second-order valence-electron chi connectivity index (χ2n) is 8.13. The summed E-state index contributed by atoms with van der Waals surface area (Å²) in [7, 11) is 0. The first kappa shape index (κ1) is 20.4.